The number of unbranched alkanes of at least 4 members (excludes halogenated alkanes) is 18. The second-order valence-electron chi connectivity index (χ2n) is 15.0. The second-order valence-corrected chi connectivity index (χ2v) is 16.4. The van der Waals surface area contributed by atoms with Crippen molar-refractivity contribution in [3.05, 3.63) is 36.5 Å². The van der Waals surface area contributed by atoms with Gasteiger partial charge in [0.25, 0.3) is 7.82 Å². The van der Waals surface area contributed by atoms with Crippen LogP contribution in [0.2, 0.25) is 0 Å². The summed E-state index contributed by atoms with van der Waals surface area (Å²) in [6.07, 6.45) is 40.0. The summed E-state index contributed by atoms with van der Waals surface area (Å²) in [5.41, 5.74) is 0. The van der Waals surface area contributed by atoms with Crippen LogP contribution in [0.3, 0.4) is 0 Å². The molecule has 0 aliphatic rings. The van der Waals surface area contributed by atoms with E-state index in [0.717, 1.165) is 64.2 Å². The Morgan fingerprint density at radius 1 is 0.627 bits per heavy atom. The molecule has 0 amide bonds. The summed E-state index contributed by atoms with van der Waals surface area (Å²) < 4.78 is 34.5. The first-order valence-electron chi connectivity index (χ1n) is 20.7. The van der Waals surface area contributed by atoms with E-state index in [-0.39, 0.29) is 25.8 Å². The normalized spacial score (nSPS) is 14.2. The molecule has 0 aliphatic heterocycles. The van der Waals surface area contributed by atoms with Gasteiger partial charge in [0.2, 0.25) is 0 Å². The quantitative estimate of drug-likeness (QED) is 0.0204. The number of allylic oxidation sites excluding steroid dienone is 6. The number of likely N-dealkylation sites (N-methyl/N-ethyl adjacent to an activating group) is 1. The highest BCUT2D eigenvalue weighted by molar-refractivity contribution is 7.45. The van der Waals surface area contributed by atoms with Crippen LogP contribution in [0, 0.1) is 0 Å². The molecule has 300 valence electrons. The monoisotopic (exact) mass is 742 g/mol. The molecule has 0 fully saturated rings. The largest absolute Gasteiger partial charge is 0.756 e. The van der Waals surface area contributed by atoms with Crippen molar-refractivity contribution < 1.29 is 37.3 Å². The van der Waals surface area contributed by atoms with Crippen LogP contribution < -0.4 is 4.89 Å². The van der Waals surface area contributed by atoms with Crippen molar-refractivity contribution in [1.29, 1.82) is 0 Å². The molecule has 0 aliphatic carbocycles. The molecule has 0 rings (SSSR count). The molecule has 2 atom stereocenters. The minimum atomic E-state index is -4.52. The van der Waals surface area contributed by atoms with Crippen LogP contribution >= 0.6 is 7.82 Å². The third-order valence-electron chi connectivity index (χ3n) is 8.71. The van der Waals surface area contributed by atoms with E-state index in [1.54, 1.807) is 0 Å². The number of phosphoric ester groups is 1. The summed E-state index contributed by atoms with van der Waals surface area (Å²) in [5, 5.41) is 0. The number of phosphoric acid groups is 1. The maximum Gasteiger partial charge on any atom is 0.306 e. The van der Waals surface area contributed by atoms with Crippen molar-refractivity contribution in [2.24, 2.45) is 0 Å². The predicted octanol–water partition coefficient (Wildman–Crippen LogP) is 11.2. The Balaban J connectivity index is 4.27. The number of esters is 1. The third-order valence-corrected chi connectivity index (χ3v) is 9.67. The van der Waals surface area contributed by atoms with Crippen LogP contribution in [0.25, 0.3) is 0 Å². The molecule has 0 aromatic rings. The molecular weight excluding hydrogens is 661 g/mol. The average Bonchev–Trinajstić information content (AvgIpc) is 3.08. The topological polar surface area (TPSA) is 94.1 Å². The van der Waals surface area contributed by atoms with E-state index in [9.17, 15) is 14.3 Å². The molecule has 8 nitrogen and oxygen atoms in total. The molecule has 0 N–H and O–H groups in total. The summed E-state index contributed by atoms with van der Waals surface area (Å²) in [5.74, 6) is -0.340. The average molecular weight is 742 g/mol. The Hall–Kier alpha value is -1.28. The van der Waals surface area contributed by atoms with Crippen molar-refractivity contribution in [2.45, 2.75) is 174 Å². The SMILES string of the molecule is CC/C=C\C/C=C\C/C=C\CCCCCCCCOCC(COP(=O)([O-])OCC[N+](C)(C)C)OC(=O)CCCCCCCCCCCCCCC. The standard InChI is InChI=1S/C42H80NO7P/c1-6-8-10-12-14-16-18-20-21-22-24-26-28-30-32-34-37-47-39-41(40-49-51(45,46)48-38-36-43(3,4)5)50-42(44)35-33-31-29-27-25-23-19-17-15-13-11-9-7-2/h8,10,14,16,20-21,41H,6-7,9,11-13,15,17-19,22-40H2,1-5H3/b10-8-,16-14-,21-20-. The summed E-state index contributed by atoms with van der Waals surface area (Å²) in [7, 11) is 1.35. The number of rotatable bonds is 38. The van der Waals surface area contributed by atoms with Crippen molar-refractivity contribution in [2.75, 3.05) is 54.1 Å². The van der Waals surface area contributed by atoms with Gasteiger partial charge >= 0.3 is 5.97 Å². The summed E-state index contributed by atoms with van der Waals surface area (Å²) in [6.45, 7) is 5.27. The summed E-state index contributed by atoms with van der Waals surface area (Å²) in [4.78, 5) is 25.0. The first-order chi connectivity index (χ1) is 24.6. The minimum Gasteiger partial charge on any atom is -0.756 e. The van der Waals surface area contributed by atoms with Crippen molar-refractivity contribution in [3.8, 4) is 0 Å². The molecule has 0 aromatic carbocycles. The Kier molecular flexibility index (Phi) is 34.8. The fraction of sp³-hybridized carbons (Fsp3) is 0.833. The van der Waals surface area contributed by atoms with E-state index < -0.39 is 13.9 Å². The smallest absolute Gasteiger partial charge is 0.306 e. The Bertz CT molecular complexity index is 915. The van der Waals surface area contributed by atoms with Gasteiger partial charge in [0.15, 0.2) is 0 Å². The fourth-order valence-corrected chi connectivity index (χ4v) is 6.23. The van der Waals surface area contributed by atoms with Gasteiger partial charge in [0.1, 0.15) is 19.3 Å². The van der Waals surface area contributed by atoms with E-state index in [1.807, 2.05) is 21.1 Å². The lowest BCUT2D eigenvalue weighted by atomic mass is 10.0. The van der Waals surface area contributed by atoms with E-state index in [4.69, 9.17) is 18.5 Å². The van der Waals surface area contributed by atoms with Crippen LogP contribution in [-0.4, -0.2) is 70.7 Å². The summed E-state index contributed by atoms with van der Waals surface area (Å²) >= 11 is 0. The van der Waals surface area contributed by atoms with Crippen molar-refractivity contribution in [1.82, 2.24) is 0 Å². The van der Waals surface area contributed by atoms with Gasteiger partial charge in [0.05, 0.1) is 34.4 Å². The van der Waals surface area contributed by atoms with Gasteiger partial charge < -0.3 is 27.9 Å². The van der Waals surface area contributed by atoms with Gasteiger partial charge in [-0.1, -0.05) is 153 Å². The highest BCUT2D eigenvalue weighted by Gasteiger charge is 2.20. The predicted molar refractivity (Wildman–Crippen MR) is 213 cm³/mol. The number of nitrogens with zero attached hydrogens (tertiary/aromatic N) is 1. The second kappa shape index (κ2) is 35.7. The number of hydrogen-bond acceptors (Lipinski definition) is 7. The molecular formula is C42H80NO7P. The first-order valence-corrected chi connectivity index (χ1v) is 22.2. The summed E-state index contributed by atoms with van der Waals surface area (Å²) in [6, 6.07) is 0. The van der Waals surface area contributed by atoms with Gasteiger partial charge in [0, 0.05) is 13.0 Å². The first kappa shape index (κ1) is 49.7. The zero-order valence-corrected chi connectivity index (χ0v) is 34.7. The Labute approximate surface area is 315 Å². The Morgan fingerprint density at radius 2 is 1.14 bits per heavy atom. The highest BCUT2D eigenvalue weighted by Crippen LogP contribution is 2.38. The van der Waals surface area contributed by atoms with Crippen molar-refractivity contribution >= 4 is 13.8 Å². The van der Waals surface area contributed by atoms with E-state index in [2.05, 4.69) is 50.3 Å². The molecule has 0 spiro atoms. The molecule has 0 bridgehead atoms. The van der Waals surface area contributed by atoms with Gasteiger partial charge in [-0.15, -0.1) is 0 Å². The minimum absolute atomic E-state index is 0.0238. The van der Waals surface area contributed by atoms with Crippen LogP contribution in [0.5, 0.6) is 0 Å². The zero-order valence-electron chi connectivity index (χ0n) is 33.8. The van der Waals surface area contributed by atoms with Gasteiger partial charge in [-0.05, 0) is 44.9 Å². The molecule has 0 radical (unpaired) electrons. The number of carbonyl (C=O) groups is 1. The lowest BCUT2D eigenvalue weighted by molar-refractivity contribution is -0.870. The maximum atomic E-state index is 12.6. The Morgan fingerprint density at radius 3 is 1.71 bits per heavy atom. The molecule has 0 saturated carbocycles. The molecule has 2 unspecified atom stereocenters. The lowest BCUT2D eigenvalue weighted by Crippen LogP contribution is -2.37. The van der Waals surface area contributed by atoms with Crippen LogP contribution in [-0.2, 0) is 27.9 Å². The van der Waals surface area contributed by atoms with Crippen LogP contribution in [0.4, 0.5) is 0 Å². The van der Waals surface area contributed by atoms with Crippen LogP contribution in [0.1, 0.15) is 168 Å². The maximum absolute atomic E-state index is 12.6. The fourth-order valence-electron chi connectivity index (χ4n) is 5.50. The molecule has 0 heterocycles. The lowest BCUT2D eigenvalue weighted by Gasteiger charge is -2.28. The van der Waals surface area contributed by atoms with Crippen molar-refractivity contribution in [3.63, 3.8) is 0 Å². The molecule has 9 heteroatoms. The van der Waals surface area contributed by atoms with E-state index in [0.29, 0.717) is 24.1 Å². The van der Waals surface area contributed by atoms with E-state index in [1.165, 1.54) is 83.5 Å². The number of ether oxygens (including phenoxy) is 2. The van der Waals surface area contributed by atoms with E-state index >= 15 is 0 Å². The molecule has 51 heavy (non-hydrogen) atoms. The van der Waals surface area contributed by atoms with Gasteiger partial charge in [-0.25, -0.2) is 0 Å². The van der Waals surface area contributed by atoms with Gasteiger partial charge in [-0.2, -0.15) is 0 Å². The number of quaternary nitrogens is 1. The van der Waals surface area contributed by atoms with Gasteiger partial charge in [-0.3, -0.25) is 9.36 Å². The zero-order chi connectivity index (χ0) is 37.7. The number of carbonyl (C=O) groups excluding carboxylic acids is 1. The molecule has 0 saturated heterocycles. The highest BCUT2D eigenvalue weighted by atomic mass is 31.2. The van der Waals surface area contributed by atoms with Crippen LogP contribution in [0.15, 0.2) is 36.5 Å². The molecule has 0 aromatic heterocycles. The third kappa shape index (κ3) is 39.8. The number of hydrogen-bond donors (Lipinski definition) is 0.